The number of methoxy groups -OCH3 is 1. The molecule has 33 heavy (non-hydrogen) atoms. The average Bonchev–Trinajstić information content (AvgIpc) is 3.28. The zero-order valence-electron chi connectivity index (χ0n) is 18.4. The van der Waals surface area contributed by atoms with E-state index in [9.17, 15) is 8.42 Å². The molecule has 0 spiro atoms. The van der Waals surface area contributed by atoms with Gasteiger partial charge in [0.1, 0.15) is 5.75 Å². The highest BCUT2D eigenvalue weighted by atomic mass is 35.5. The largest absolute Gasteiger partial charge is 0.497 e. The molecule has 0 atom stereocenters. The SMILES string of the molecule is COc1ccc(-c2nc(S(=O)(=O)c3ccc(Cl)cc3)c(NCCCC3CCOCC3)o2)cc1. The van der Waals surface area contributed by atoms with Gasteiger partial charge >= 0.3 is 0 Å². The Morgan fingerprint density at radius 3 is 2.45 bits per heavy atom. The minimum Gasteiger partial charge on any atom is -0.497 e. The second-order valence-corrected chi connectivity index (χ2v) is 10.3. The average molecular weight is 491 g/mol. The van der Waals surface area contributed by atoms with E-state index in [2.05, 4.69) is 10.3 Å². The Hall–Kier alpha value is -2.55. The zero-order chi connectivity index (χ0) is 23.3. The monoisotopic (exact) mass is 490 g/mol. The van der Waals surface area contributed by atoms with Crippen LogP contribution in [-0.4, -0.2) is 40.3 Å². The number of oxazole rings is 1. The summed E-state index contributed by atoms with van der Waals surface area (Å²) in [6.07, 6.45) is 4.08. The van der Waals surface area contributed by atoms with E-state index in [1.54, 1.807) is 43.5 Å². The summed E-state index contributed by atoms with van der Waals surface area (Å²) in [6.45, 7) is 2.21. The second kappa shape index (κ2) is 10.6. The van der Waals surface area contributed by atoms with Crippen LogP contribution >= 0.6 is 11.6 Å². The Morgan fingerprint density at radius 1 is 1.09 bits per heavy atom. The van der Waals surface area contributed by atoms with Gasteiger partial charge in [-0.15, -0.1) is 0 Å². The quantitative estimate of drug-likeness (QED) is 0.398. The van der Waals surface area contributed by atoms with Crippen molar-refractivity contribution in [2.75, 3.05) is 32.2 Å². The lowest BCUT2D eigenvalue weighted by atomic mass is 9.95. The molecule has 0 unspecified atom stereocenters. The maximum atomic E-state index is 13.4. The maximum absolute atomic E-state index is 13.4. The van der Waals surface area contributed by atoms with E-state index < -0.39 is 9.84 Å². The Balaban J connectivity index is 1.58. The number of benzene rings is 2. The number of hydrogen-bond acceptors (Lipinski definition) is 7. The van der Waals surface area contributed by atoms with Crippen LogP contribution < -0.4 is 10.1 Å². The van der Waals surface area contributed by atoms with E-state index in [4.69, 9.17) is 25.5 Å². The predicted octanol–water partition coefficient (Wildman–Crippen LogP) is 5.46. The van der Waals surface area contributed by atoms with Crippen LogP contribution in [0, 0.1) is 5.92 Å². The number of nitrogens with one attached hydrogen (secondary N) is 1. The molecular weight excluding hydrogens is 464 g/mol. The van der Waals surface area contributed by atoms with Crippen LogP contribution in [0.2, 0.25) is 5.02 Å². The molecule has 1 aliphatic heterocycles. The third kappa shape index (κ3) is 5.69. The molecule has 1 N–H and O–H groups in total. The number of nitrogens with zero attached hydrogens (tertiary/aromatic N) is 1. The van der Waals surface area contributed by atoms with Crippen LogP contribution in [0.4, 0.5) is 5.88 Å². The molecule has 176 valence electrons. The summed E-state index contributed by atoms with van der Waals surface area (Å²) in [7, 11) is -2.33. The normalized spacial score (nSPS) is 14.8. The molecule has 1 aliphatic rings. The van der Waals surface area contributed by atoms with Gasteiger partial charge in [0, 0.05) is 30.3 Å². The number of anilines is 1. The topological polar surface area (TPSA) is 90.7 Å². The molecule has 0 amide bonds. The van der Waals surface area contributed by atoms with Gasteiger partial charge in [0.05, 0.1) is 12.0 Å². The van der Waals surface area contributed by atoms with Gasteiger partial charge in [0.25, 0.3) is 0 Å². The first kappa shape index (κ1) is 23.6. The molecule has 0 radical (unpaired) electrons. The molecule has 1 aromatic heterocycles. The second-order valence-electron chi connectivity index (χ2n) is 7.96. The lowest BCUT2D eigenvalue weighted by molar-refractivity contribution is 0.0636. The van der Waals surface area contributed by atoms with Crippen LogP contribution in [0.3, 0.4) is 0 Å². The fourth-order valence-electron chi connectivity index (χ4n) is 3.81. The smallest absolute Gasteiger partial charge is 0.233 e. The van der Waals surface area contributed by atoms with Crippen molar-refractivity contribution in [2.45, 2.75) is 35.6 Å². The van der Waals surface area contributed by atoms with Gasteiger partial charge in [-0.05, 0) is 80.1 Å². The Kier molecular flexibility index (Phi) is 7.57. The summed E-state index contributed by atoms with van der Waals surface area (Å²) in [5.41, 5.74) is 0.651. The van der Waals surface area contributed by atoms with Crippen molar-refractivity contribution in [2.24, 2.45) is 5.92 Å². The van der Waals surface area contributed by atoms with E-state index in [0.29, 0.717) is 28.8 Å². The molecule has 1 fully saturated rings. The summed E-state index contributed by atoms with van der Waals surface area (Å²) < 4.78 is 43.2. The molecule has 4 rings (SSSR count). The fourth-order valence-corrected chi connectivity index (χ4v) is 5.21. The van der Waals surface area contributed by atoms with Crippen molar-refractivity contribution in [1.29, 1.82) is 0 Å². The van der Waals surface area contributed by atoms with Crippen LogP contribution in [0.15, 0.2) is 62.9 Å². The Bertz CT molecular complexity index is 1150. The van der Waals surface area contributed by atoms with Crippen LogP contribution in [0.1, 0.15) is 25.7 Å². The number of aromatic nitrogens is 1. The van der Waals surface area contributed by atoms with Gasteiger partial charge in [-0.2, -0.15) is 4.98 Å². The van der Waals surface area contributed by atoms with E-state index in [1.165, 1.54) is 12.1 Å². The third-order valence-corrected chi connectivity index (χ3v) is 7.66. The molecule has 3 aromatic rings. The number of hydrogen-bond donors (Lipinski definition) is 1. The first-order valence-corrected chi connectivity index (χ1v) is 12.8. The van der Waals surface area contributed by atoms with Gasteiger partial charge in [-0.1, -0.05) is 11.6 Å². The first-order valence-electron chi connectivity index (χ1n) is 10.9. The van der Waals surface area contributed by atoms with Crippen LogP contribution in [-0.2, 0) is 14.6 Å². The van der Waals surface area contributed by atoms with Gasteiger partial charge in [-0.3, -0.25) is 0 Å². The minimum absolute atomic E-state index is 0.103. The molecule has 1 saturated heterocycles. The summed E-state index contributed by atoms with van der Waals surface area (Å²) in [5.74, 6) is 1.69. The van der Waals surface area contributed by atoms with E-state index in [1.807, 2.05) is 0 Å². The molecule has 0 bridgehead atoms. The van der Waals surface area contributed by atoms with Crippen molar-refractivity contribution >= 4 is 27.3 Å². The highest BCUT2D eigenvalue weighted by Gasteiger charge is 2.28. The van der Waals surface area contributed by atoms with Gasteiger partial charge in [-0.25, -0.2) is 8.42 Å². The molecule has 0 saturated carbocycles. The highest BCUT2D eigenvalue weighted by molar-refractivity contribution is 7.91. The van der Waals surface area contributed by atoms with Crippen molar-refractivity contribution in [3.63, 3.8) is 0 Å². The van der Waals surface area contributed by atoms with E-state index in [-0.39, 0.29) is 21.7 Å². The van der Waals surface area contributed by atoms with Crippen molar-refractivity contribution < 1.29 is 22.3 Å². The van der Waals surface area contributed by atoms with Gasteiger partial charge < -0.3 is 19.2 Å². The number of rotatable bonds is 9. The number of ether oxygens (including phenoxy) is 2. The fraction of sp³-hybridized carbons (Fsp3) is 0.375. The third-order valence-electron chi connectivity index (χ3n) is 5.73. The lowest BCUT2D eigenvalue weighted by Gasteiger charge is -2.21. The molecule has 7 nitrogen and oxygen atoms in total. The van der Waals surface area contributed by atoms with Gasteiger partial charge in [0.15, 0.2) is 0 Å². The Morgan fingerprint density at radius 2 is 1.79 bits per heavy atom. The van der Waals surface area contributed by atoms with Gasteiger partial charge in [0.2, 0.25) is 26.6 Å². The zero-order valence-corrected chi connectivity index (χ0v) is 20.0. The molecule has 0 aliphatic carbocycles. The van der Waals surface area contributed by atoms with E-state index in [0.717, 1.165) is 38.9 Å². The summed E-state index contributed by atoms with van der Waals surface area (Å²) in [4.78, 5) is 4.47. The van der Waals surface area contributed by atoms with Crippen molar-refractivity contribution in [3.8, 4) is 17.2 Å². The van der Waals surface area contributed by atoms with Crippen molar-refractivity contribution in [3.05, 3.63) is 53.6 Å². The standard InChI is InChI=1S/C24H27ClN2O5S/c1-30-20-8-4-18(5-9-20)22-27-24(33(28,29)21-10-6-19(25)7-11-21)23(32-22)26-14-2-3-17-12-15-31-16-13-17/h4-11,17,26H,2-3,12-16H2,1H3. The molecule has 2 aromatic carbocycles. The molecular formula is C24H27ClN2O5S. The molecule has 9 heteroatoms. The summed E-state index contributed by atoms with van der Waals surface area (Å²) in [6, 6.07) is 13.1. The van der Waals surface area contributed by atoms with E-state index >= 15 is 0 Å². The highest BCUT2D eigenvalue weighted by Crippen LogP contribution is 2.33. The number of halogens is 1. The summed E-state index contributed by atoms with van der Waals surface area (Å²) >= 11 is 5.94. The minimum atomic E-state index is -3.91. The predicted molar refractivity (Wildman–Crippen MR) is 127 cm³/mol. The van der Waals surface area contributed by atoms with Crippen LogP contribution in [0.5, 0.6) is 5.75 Å². The lowest BCUT2D eigenvalue weighted by Crippen LogP contribution is -2.16. The Labute approximate surface area is 199 Å². The summed E-state index contributed by atoms with van der Waals surface area (Å²) in [5, 5.41) is 3.48. The number of sulfone groups is 1. The van der Waals surface area contributed by atoms with Crippen LogP contribution in [0.25, 0.3) is 11.5 Å². The molecule has 2 heterocycles. The first-order chi connectivity index (χ1) is 16.0. The van der Waals surface area contributed by atoms with Crippen molar-refractivity contribution in [1.82, 2.24) is 4.98 Å². The maximum Gasteiger partial charge on any atom is 0.233 e.